The summed E-state index contributed by atoms with van der Waals surface area (Å²) >= 11 is 0. The SMILES string of the molecule is CCn1ncc(C)c1CNC[C@@H]1CCCO1. The molecule has 1 atom stereocenters. The largest absolute Gasteiger partial charge is 0.377 e. The lowest BCUT2D eigenvalue weighted by atomic mass is 10.2. The van der Waals surface area contributed by atoms with Gasteiger partial charge in [0.1, 0.15) is 0 Å². The zero-order chi connectivity index (χ0) is 11.4. The molecule has 0 spiro atoms. The molecule has 0 unspecified atom stereocenters. The van der Waals surface area contributed by atoms with Crippen molar-refractivity contribution in [3.8, 4) is 0 Å². The fraction of sp³-hybridized carbons (Fsp3) is 0.750. The standard InChI is InChI=1S/C12H21N3O/c1-3-15-12(10(2)7-14-15)9-13-8-11-5-4-6-16-11/h7,11,13H,3-6,8-9H2,1-2H3/t11-/m0/s1. The van der Waals surface area contributed by atoms with Crippen LogP contribution < -0.4 is 5.32 Å². The third-order valence-electron chi connectivity index (χ3n) is 3.15. The van der Waals surface area contributed by atoms with E-state index in [1.165, 1.54) is 24.1 Å². The fourth-order valence-electron chi connectivity index (χ4n) is 2.16. The van der Waals surface area contributed by atoms with Crippen LogP contribution in [0, 0.1) is 6.92 Å². The number of hydrogen-bond donors (Lipinski definition) is 1. The second-order valence-electron chi connectivity index (χ2n) is 4.36. The van der Waals surface area contributed by atoms with E-state index < -0.39 is 0 Å². The molecular weight excluding hydrogens is 202 g/mol. The van der Waals surface area contributed by atoms with Crippen LogP contribution in [0.4, 0.5) is 0 Å². The van der Waals surface area contributed by atoms with Crippen LogP contribution in [-0.4, -0.2) is 29.0 Å². The minimum absolute atomic E-state index is 0.415. The molecule has 4 heteroatoms. The second-order valence-corrected chi connectivity index (χ2v) is 4.36. The van der Waals surface area contributed by atoms with E-state index in [1.807, 2.05) is 6.20 Å². The van der Waals surface area contributed by atoms with E-state index in [-0.39, 0.29) is 0 Å². The van der Waals surface area contributed by atoms with Crippen LogP contribution in [0.15, 0.2) is 6.20 Å². The maximum atomic E-state index is 5.57. The van der Waals surface area contributed by atoms with Crippen LogP contribution in [0.25, 0.3) is 0 Å². The molecule has 1 aromatic heterocycles. The summed E-state index contributed by atoms with van der Waals surface area (Å²) in [6.07, 6.45) is 4.75. The van der Waals surface area contributed by atoms with Crippen molar-refractivity contribution in [1.29, 1.82) is 0 Å². The number of hydrogen-bond acceptors (Lipinski definition) is 3. The third-order valence-corrected chi connectivity index (χ3v) is 3.15. The quantitative estimate of drug-likeness (QED) is 0.822. The highest BCUT2D eigenvalue weighted by Gasteiger charge is 2.15. The van der Waals surface area contributed by atoms with Crippen LogP contribution in [0.1, 0.15) is 31.0 Å². The minimum Gasteiger partial charge on any atom is -0.377 e. The first kappa shape index (κ1) is 11.6. The summed E-state index contributed by atoms with van der Waals surface area (Å²) in [7, 11) is 0. The van der Waals surface area contributed by atoms with Crippen LogP contribution >= 0.6 is 0 Å². The van der Waals surface area contributed by atoms with Gasteiger partial charge in [0.05, 0.1) is 18.0 Å². The van der Waals surface area contributed by atoms with Gasteiger partial charge in [0.2, 0.25) is 0 Å². The van der Waals surface area contributed by atoms with E-state index >= 15 is 0 Å². The summed E-state index contributed by atoms with van der Waals surface area (Å²) in [4.78, 5) is 0. The maximum Gasteiger partial charge on any atom is 0.0700 e. The molecule has 0 bridgehead atoms. The summed E-state index contributed by atoms with van der Waals surface area (Å²) in [6.45, 7) is 7.94. The van der Waals surface area contributed by atoms with Gasteiger partial charge in [-0.2, -0.15) is 5.10 Å². The topological polar surface area (TPSA) is 39.1 Å². The Hall–Kier alpha value is -0.870. The second kappa shape index (κ2) is 5.46. The van der Waals surface area contributed by atoms with Gasteiger partial charge in [-0.15, -0.1) is 0 Å². The molecule has 4 nitrogen and oxygen atoms in total. The van der Waals surface area contributed by atoms with Crippen molar-refractivity contribution < 1.29 is 4.74 Å². The number of nitrogens with zero attached hydrogens (tertiary/aromatic N) is 2. The summed E-state index contributed by atoms with van der Waals surface area (Å²) in [5.41, 5.74) is 2.56. The molecule has 0 aliphatic carbocycles. The summed E-state index contributed by atoms with van der Waals surface area (Å²) in [6, 6.07) is 0. The summed E-state index contributed by atoms with van der Waals surface area (Å²) < 4.78 is 7.63. The first-order chi connectivity index (χ1) is 7.81. The summed E-state index contributed by atoms with van der Waals surface area (Å²) in [5, 5.41) is 7.79. The fourth-order valence-corrected chi connectivity index (χ4v) is 2.16. The van der Waals surface area contributed by atoms with Gasteiger partial charge >= 0.3 is 0 Å². The van der Waals surface area contributed by atoms with E-state index in [0.717, 1.165) is 26.2 Å². The first-order valence-electron chi connectivity index (χ1n) is 6.15. The van der Waals surface area contributed by atoms with Crippen molar-refractivity contribution in [2.75, 3.05) is 13.2 Å². The van der Waals surface area contributed by atoms with E-state index in [9.17, 15) is 0 Å². The average Bonchev–Trinajstić information content (AvgIpc) is 2.90. The molecule has 2 rings (SSSR count). The lowest BCUT2D eigenvalue weighted by Crippen LogP contribution is -2.27. The molecule has 0 saturated carbocycles. The Bertz CT molecular complexity index is 329. The Kier molecular flexibility index (Phi) is 3.96. The molecule has 2 heterocycles. The Labute approximate surface area is 97.0 Å². The molecule has 16 heavy (non-hydrogen) atoms. The molecule has 1 aliphatic heterocycles. The lowest BCUT2D eigenvalue weighted by Gasteiger charge is -2.12. The molecule has 0 amide bonds. The average molecular weight is 223 g/mol. The summed E-state index contributed by atoms with van der Waals surface area (Å²) in [5.74, 6) is 0. The van der Waals surface area contributed by atoms with Gasteiger partial charge in [-0.25, -0.2) is 0 Å². The van der Waals surface area contributed by atoms with Crippen molar-refractivity contribution in [2.24, 2.45) is 0 Å². The minimum atomic E-state index is 0.415. The van der Waals surface area contributed by atoms with E-state index in [2.05, 4.69) is 28.9 Å². The van der Waals surface area contributed by atoms with Crippen LogP contribution in [-0.2, 0) is 17.8 Å². The molecule has 0 radical (unpaired) electrons. The monoisotopic (exact) mass is 223 g/mol. The van der Waals surface area contributed by atoms with E-state index in [1.54, 1.807) is 0 Å². The van der Waals surface area contributed by atoms with Gasteiger partial charge in [0.25, 0.3) is 0 Å². The number of aromatic nitrogens is 2. The Morgan fingerprint density at radius 1 is 1.62 bits per heavy atom. The molecule has 1 fully saturated rings. The van der Waals surface area contributed by atoms with Crippen LogP contribution in [0.2, 0.25) is 0 Å². The molecule has 0 aromatic carbocycles. The van der Waals surface area contributed by atoms with E-state index in [0.29, 0.717) is 6.10 Å². The molecular formula is C12H21N3O. The molecule has 1 N–H and O–H groups in total. The van der Waals surface area contributed by atoms with Gasteiger partial charge in [0, 0.05) is 26.2 Å². The number of aryl methyl sites for hydroxylation is 2. The zero-order valence-electron chi connectivity index (χ0n) is 10.2. The van der Waals surface area contributed by atoms with Gasteiger partial charge < -0.3 is 10.1 Å². The smallest absolute Gasteiger partial charge is 0.0700 e. The van der Waals surface area contributed by atoms with Gasteiger partial charge in [-0.3, -0.25) is 4.68 Å². The Morgan fingerprint density at radius 3 is 3.19 bits per heavy atom. The van der Waals surface area contributed by atoms with Crippen molar-refractivity contribution in [3.63, 3.8) is 0 Å². The number of rotatable bonds is 5. The van der Waals surface area contributed by atoms with Crippen LogP contribution in [0.3, 0.4) is 0 Å². The van der Waals surface area contributed by atoms with E-state index in [4.69, 9.17) is 4.74 Å². The highest BCUT2D eigenvalue weighted by atomic mass is 16.5. The number of nitrogens with one attached hydrogen (secondary N) is 1. The predicted molar refractivity (Wildman–Crippen MR) is 63.3 cm³/mol. The highest BCUT2D eigenvalue weighted by Crippen LogP contribution is 2.11. The van der Waals surface area contributed by atoms with Crippen molar-refractivity contribution >= 4 is 0 Å². The molecule has 1 aromatic rings. The molecule has 90 valence electrons. The van der Waals surface area contributed by atoms with Gasteiger partial charge in [0.15, 0.2) is 0 Å². The first-order valence-corrected chi connectivity index (χ1v) is 6.15. The Balaban J connectivity index is 1.81. The number of ether oxygens (including phenoxy) is 1. The van der Waals surface area contributed by atoms with Crippen LogP contribution in [0.5, 0.6) is 0 Å². The van der Waals surface area contributed by atoms with Gasteiger partial charge in [-0.05, 0) is 32.3 Å². The highest BCUT2D eigenvalue weighted by molar-refractivity contribution is 5.15. The Morgan fingerprint density at radius 2 is 2.50 bits per heavy atom. The van der Waals surface area contributed by atoms with Crippen molar-refractivity contribution in [3.05, 3.63) is 17.5 Å². The normalized spacial score (nSPS) is 20.5. The van der Waals surface area contributed by atoms with Gasteiger partial charge in [-0.1, -0.05) is 0 Å². The predicted octanol–water partition coefficient (Wildman–Crippen LogP) is 1.48. The molecule has 1 saturated heterocycles. The zero-order valence-corrected chi connectivity index (χ0v) is 10.2. The lowest BCUT2D eigenvalue weighted by molar-refractivity contribution is 0.109. The van der Waals surface area contributed by atoms with Crippen molar-refractivity contribution in [1.82, 2.24) is 15.1 Å². The molecule has 1 aliphatic rings. The third kappa shape index (κ3) is 2.62. The van der Waals surface area contributed by atoms with Crippen molar-refractivity contribution in [2.45, 2.75) is 45.9 Å². The maximum absolute atomic E-state index is 5.57.